The van der Waals surface area contributed by atoms with Gasteiger partial charge in [0.2, 0.25) is 15.9 Å². The maximum Gasteiger partial charge on any atom is 0.244 e. The number of nitrogens with one attached hydrogen (secondary N) is 2. The molecule has 1 aliphatic heterocycles. The van der Waals surface area contributed by atoms with Gasteiger partial charge in [0.1, 0.15) is 10.7 Å². The second kappa shape index (κ2) is 5.76. The number of aromatic nitrogens is 1. The SMILES string of the molecule is CN(C)S(=O)(=O)c1ccc(NCC2CCC(=O)N2)nc1. The van der Waals surface area contributed by atoms with E-state index in [-0.39, 0.29) is 16.8 Å². The van der Waals surface area contributed by atoms with Crippen LogP contribution in [0.5, 0.6) is 0 Å². The summed E-state index contributed by atoms with van der Waals surface area (Å²) in [6.07, 6.45) is 2.68. The lowest BCUT2D eigenvalue weighted by atomic mass is 10.2. The van der Waals surface area contributed by atoms with Gasteiger partial charge in [0.05, 0.1) is 0 Å². The lowest BCUT2D eigenvalue weighted by Crippen LogP contribution is -2.32. The van der Waals surface area contributed by atoms with Crippen molar-refractivity contribution in [2.75, 3.05) is 26.0 Å². The van der Waals surface area contributed by atoms with Crippen LogP contribution in [0.2, 0.25) is 0 Å². The Morgan fingerprint density at radius 2 is 2.20 bits per heavy atom. The molecule has 7 nitrogen and oxygen atoms in total. The summed E-state index contributed by atoms with van der Waals surface area (Å²) in [6, 6.07) is 3.24. The van der Waals surface area contributed by atoms with E-state index in [0.717, 1.165) is 10.7 Å². The van der Waals surface area contributed by atoms with Crippen LogP contribution in [0.15, 0.2) is 23.2 Å². The van der Waals surface area contributed by atoms with Crippen molar-refractivity contribution in [3.05, 3.63) is 18.3 Å². The molecule has 110 valence electrons. The average Bonchev–Trinajstić information content (AvgIpc) is 2.82. The van der Waals surface area contributed by atoms with Gasteiger partial charge in [0.25, 0.3) is 0 Å². The molecule has 0 radical (unpaired) electrons. The Morgan fingerprint density at radius 1 is 1.45 bits per heavy atom. The minimum Gasteiger partial charge on any atom is -0.368 e. The predicted molar refractivity (Wildman–Crippen MR) is 74.8 cm³/mol. The van der Waals surface area contributed by atoms with Crippen molar-refractivity contribution in [2.24, 2.45) is 0 Å². The topological polar surface area (TPSA) is 91.4 Å². The van der Waals surface area contributed by atoms with Crippen LogP contribution in [0.3, 0.4) is 0 Å². The molecule has 2 N–H and O–H groups in total. The van der Waals surface area contributed by atoms with Crippen LogP contribution in [0.1, 0.15) is 12.8 Å². The first-order chi connectivity index (χ1) is 9.39. The Labute approximate surface area is 118 Å². The van der Waals surface area contributed by atoms with Crippen LogP contribution >= 0.6 is 0 Å². The molecule has 2 rings (SSSR count). The number of nitrogens with zero attached hydrogens (tertiary/aromatic N) is 2. The van der Waals surface area contributed by atoms with E-state index >= 15 is 0 Å². The lowest BCUT2D eigenvalue weighted by Gasteiger charge is -2.13. The molecule has 1 amide bonds. The molecule has 0 bridgehead atoms. The highest BCUT2D eigenvalue weighted by molar-refractivity contribution is 7.89. The number of anilines is 1. The minimum atomic E-state index is -3.45. The van der Waals surface area contributed by atoms with Gasteiger partial charge in [-0.05, 0) is 18.6 Å². The van der Waals surface area contributed by atoms with Crippen LogP contribution in [0.4, 0.5) is 5.82 Å². The van der Waals surface area contributed by atoms with E-state index in [0.29, 0.717) is 18.8 Å². The summed E-state index contributed by atoms with van der Waals surface area (Å²) in [6.45, 7) is 0.582. The first kappa shape index (κ1) is 14.7. The second-order valence-corrected chi connectivity index (χ2v) is 7.00. The van der Waals surface area contributed by atoms with E-state index in [2.05, 4.69) is 15.6 Å². The molecule has 1 unspecified atom stereocenters. The van der Waals surface area contributed by atoms with Gasteiger partial charge >= 0.3 is 0 Å². The summed E-state index contributed by atoms with van der Waals surface area (Å²) in [4.78, 5) is 15.3. The molecule has 1 fully saturated rings. The zero-order valence-corrected chi connectivity index (χ0v) is 12.3. The minimum absolute atomic E-state index is 0.0668. The van der Waals surface area contributed by atoms with Gasteiger partial charge in [-0.25, -0.2) is 17.7 Å². The predicted octanol–water partition coefficient (Wildman–Crippen LogP) is 0.0224. The summed E-state index contributed by atoms with van der Waals surface area (Å²) in [7, 11) is -0.493. The molecule has 2 heterocycles. The molecular formula is C12H18N4O3S. The lowest BCUT2D eigenvalue weighted by molar-refractivity contribution is -0.119. The van der Waals surface area contributed by atoms with E-state index in [9.17, 15) is 13.2 Å². The molecule has 1 aromatic heterocycles. The Balaban J connectivity index is 1.97. The van der Waals surface area contributed by atoms with E-state index in [1.807, 2.05) is 0 Å². The third-order valence-electron chi connectivity index (χ3n) is 3.13. The Hall–Kier alpha value is -1.67. The van der Waals surface area contributed by atoms with Crippen molar-refractivity contribution in [1.82, 2.24) is 14.6 Å². The maximum absolute atomic E-state index is 11.9. The number of carbonyl (C=O) groups is 1. The molecule has 20 heavy (non-hydrogen) atoms. The third-order valence-corrected chi connectivity index (χ3v) is 4.93. The van der Waals surface area contributed by atoms with Gasteiger partial charge in [-0.3, -0.25) is 4.79 Å². The fourth-order valence-corrected chi connectivity index (χ4v) is 2.75. The van der Waals surface area contributed by atoms with Crippen molar-refractivity contribution < 1.29 is 13.2 Å². The number of pyridine rings is 1. The molecule has 1 atom stereocenters. The van der Waals surface area contributed by atoms with Crippen molar-refractivity contribution in [2.45, 2.75) is 23.8 Å². The number of carbonyl (C=O) groups excluding carboxylic acids is 1. The molecule has 1 aromatic rings. The van der Waals surface area contributed by atoms with Gasteiger partial charge in [-0.1, -0.05) is 0 Å². The van der Waals surface area contributed by atoms with Crippen molar-refractivity contribution in [3.63, 3.8) is 0 Å². The highest BCUT2D eigenvalue weighted by Gasteiger charge is 2.20. The van der Waals surface area contributed by atoms with E-state index in [4.69, 9.17) is 0 Å². The summed E-state index contributed by atoms with van der Waals surface area (Å²) in [5.41, 5.74) is 0. The Kier molecular flexibility index (Phi) is 4.24. The fourth-order valence-electron chi connectivity index (χ4n) is 1.91. The molecule has 0 spiro atoms. The third kappa shape index (κ3) is 3.26. The smallest absolute Gasteiger partial charge is 0.244 e. The molecule has 0 saturated carbocycles. The number of amides is 1. The molecule has 1 aliphatic rings. The number of hydrogen-bond acceptors (Lipinski definition) is 5. The highest BCUT2D eigenvalue weighted by Crippen LogP contribution is 2.14. The van der Waals surface area contributed by atoms with Gasteiger partial charge in [0.15, 0.2) is 0 Å². The second-order valence-electron chi connectivity index (χ2n) is 4.85. The van der Waals surface area contributed by atoms with Crippen LogP contribution < -0.4 is 10.6 Å². The molecule has 1 saturated heterocycles. The first-order valence-corrected chi connectivity index (χ1v) is 7.75. The zero-order chi connectivity index (χ0) is 14.8. The van der Waals surface area contributed by atoms with Gasteiger partial charge in [-0.15, -0.1) is 0 Å². The largest absolute Gasteiger partial charge is 0.368 e. The fraction of sp³-hybridized carbons (Fsp3) is 0.500. The summed E-state index contributed by atoms with van der Waals surface area (Å²) < 4.78 is 24.9. The van der Waals surface area contributed by atoms with E-state index < -0.39 is 10.0 Å². The zero-order valence-electron chi connectivity index (χ0n) is 11.5. The van der Waals surface area contributed by atoms with Crippen LogP contribution in [0.25, 0.3) is 0 Å². The summed E-state index contributed by atoms with van der Waals surface area (Å²) in [5, 5.41) is 5.92. The highest BCUT2D eigenvalue weighted by atomic mass is 32.2. The molecule has 0 aromatic carbocycles. The van der Waals surface area contributed by atoms with Crippen molar-refractivity contribution in [3.8, 4) is 0 Å². The van der Waals surface area contributed by atoms with Gasteiger partial charge in [0, 0.05) is 39.3 Å². The number of hydrogen-bond donors (Lipinski definition) is 2. The van der Waals surface area contributed by atoms with E-state index in [1.54, 1.807) is 6.07 Å². The monoisotopic (exact) mass is 298 g/mol. The average molecular weight is 298 g/mol. The van der Waals surface area contributed by atoms with Crippen molar-refractivity contribution >= 4 is 21.7 Å². The summed E-state index contributed by atoms with van der Waals surface area (Å²) >= 11 is 0. The number of sulfonamides is 1. The normalized spacial score (nSPS) is 19.1. The van der Waals surface area contributed by atoms with Gasteiger partial charge in [-0.2, -0.15) is 0 Å². The standard InChI is InChI=1S/C12H18N4O3S/c1-16(2)20(18,19)10-4-5-11(14-8-10)13-7-9-3-6-12(17)15-9/h4-5,8-9H,3,6-7H2,1-2H3,(H,13,14)(H,15,17). The molecule has 0 aliphatic carbocycles. The van der Waals surface area contributed by atoms with Crippen LogP contribution in [-0.4, -0.2) is 50.3 Å². The van der Waals surface area contributed by atoms with E-state index in [1.165, 1.54) is 26.4 Å². The quantitative estimate of drug-likeness (QED) is 0.800. The maximum atomic E-state index is 11.9. The number of rotatable bonds is 5. The summed E-state index contributed by atoms with van der Waals surface area (Å²) in [5.74, 6) is 0.654. The van der Waals surface area contributed by atoms with Gasteiger partial charge < -0.3 is 10.6 Å². The van der Waals surface area contributed by atoms with Crippen molar-refractivity contribution in [1.29, 1.82) is 0 Å². The van der Waals surface area contributed by atoms with Crippen LogP contribution in [0, 0.1) is 0 Å². The molecular weight excluding hydrogens is 280 g/mol. The Morgan fingerprint density at radius 3 is 2.70 bits per heavy atom. The van der Waals surface area contributed by atoms with Crippen LogP contribution in [-0.2, 0) is 14.8 Å². The first-order valence-electron chi connectivity index (χ1n) is 6.31. The Bertz CT molecular complexity index is 583. The molecule has 8 heteroatoms.